The quantitative estimate of drug-likeness (QED) is 0.302. The number of carbonyl (C=O) groups is 4. The van der Waals surface area contributed by atoms with Gasteiger partial charge in [0.15, 0.2) is 11.5 Å². The molecule has 12 heteroatoms. The van der Waals surface area contributed by atoms with Crippen molar-refractivity contribution in [2.24, 2.45) is 5.92 Å². The van der Waals surface area contributed by atoms with E-state index >= 15 is 0 Å². The summed E-state index contributed by atoms with van der Waals surface area (Å²) in [4.78, 5) is 60.8. The third-order valence-electron chi connectivity index (χ3n) is 8.78. The summed E-state index contributed by atoms with van der Waals surface area (Å²) in [7, 11) is 5.72. The van der Waals surface area contributed by atoms with Gasteiger partial charge < -0.3 is 29.3 Å². The summed E-state index contributed by atoms with van der Waals surface area (Å²) in [5, 5.41) is 10.5. The van der Waals surface area contributed by atoms with E-state index in [1.54, 1.807) is 13.1 Å². The molecule has 3 heterocycles. The van der Waals surface area contributed by atoms with Gasteiger partial charge in [-0.05, 0) is 64.0 Å². The number of hydrogen-bond acceptors (Lipinski definition) is 8. The number of rotatable bonds is 15. The highest BCUT2D eigenvalue weighted by atomic mass is 16.7. The minimum Gasteiger partial charge on any atom is -0.481 e. The molecule has 0 aliphatic carbocycles. The van der Waals surface area contributed by atoms with Gasteiger partial charge in [-0.1, -0.05) is 19.4 Å². The van der Waals surface area contributed by atoms with Gasteiger partial charge in [0.05, 0.1) is 12.5 Å². The van der Waals surface area contributed by atoms with Crippen molar-refractivity contribution in [3.05, 3.63) is 23.8 Å². The van der Waals surface area contributed by atoms with Crippen molar-refractivity contribution in [3.8, 4) is 11.5 Å². The van der Waals surface area contributed by atoms with Crippen molar-refractivity contribution in [1.82, 2.24) is 24.5 Å². The third kappa shape index (κ3) is 7.97. The number of likely N-dealkylation sites (tertiary alicyclic amines) is 1. The molecule has 0 radical (unpaired) electrons. The Hall–Kier alpha value is -3.38. The molecule has 0 saturated carbocycles. The maximum Gasteiger partial charge on any atom is 0.326 e. The molecule has 0 spiro atoms. The van der Waals surface area contributed by atoms with Gasteiger partial charge in [0.25, 0.3) is 0 Å². The van der Waals surface area contributed by atoms with Gasteiger partial charge in [-0.15, -0.1) is 0 Å². The van der Waals surface area contributed by atoms with Crippen LogP contribution in [0.4, 0.5) is 4.79 Å². The van der Waals surface area contributed by atoms with Crippen molar-refractivity contribution >= 4 is 23.8 Å². The zero-order chi connectivity index (χ0) is 31.1. The average Bonchev–Trinajstić information content (AvgIpc) is 3.58. The van der Waals surface area contributed by atoms with Crippen LogP contribution in [0.2, 0.25) is 0 Å². The molecule has 238 valence electrons. The molecule has 3 atom stereocenters. The summed E-state index contributed by atoms with van der Waals surface area (Å²) >= 11 is 0. The second kappa shape index (κ2) is 14.9. The highest BCUT2D eigenvalue weighted by Crippen LogP contribution is 2.42. The van der Waals surface area contributed by atoms with Gasteiger partial charge in [-0.2, -0.15) is 0 Å². The van der Waals surface area contributed by atoms with Gasteiger partial charge in [-0.25, -0.2) is 4.79 Å². The Morgan fingerprint density at radius 3 is 2.49 bits per heavy atom. The monoisotopic (exact) mass is 601 g/mol. The van der Waals surface area contributed by atoms with Crippen LogP contribution in [0.3, 0.4) is 0 Å². The van der Waals surface area contributed by atoms with Crippen LogP contribution in [0, 0.1) is 5.92 Å². The number of unbranched alkanes of at least 4 members (excludes halogenated alkanes) is 2. The molecule has 2 saturated heterocycles. The van der Waals surface area contributed by atoms with E-state index < -0.39 is 23.8 Å². The van der Waals surface area contributed by atoms with E-state index in [1.165, 1.54) is 9.80 Å². The molecule has 4 rings (SSSR count). The number of urea groups is 1. The number of aliphatic carboxylic acids is 1. The number of fused-ring (bicyclic) bond motifs is 1. The van der Waals surface area contributed by atoms with E-state index in [9.17, 15) is 24.3 Å². The first-order chi connectivity index (χ1) is 20.6. The van der Waals surface area contributed by atoms with E-state index in [2.05, 4.69) is 11.8 Å². The Balaban J connectivity index is 1.57. The lowest BCUT2D eigenvalue weighted by Crippen LogP contribution is -2.52. The normalized spacial score (nSPS) is 22.1. The predicted octanol–water partition coefficient (Wildman–Crippen LogP) is 2.53. The number of carboxylic acids is 1. The van der Waals surface area contributed by atoms with E-state index in [-0.39, 0.29) is 50.6 Å². The molecule has 1 aromatic carbocycles. The molecule has 1 aromatic rings. The van der Waals surface area contributed by atoms with Crippen LogP contribution >= 0.6 is 0 Å². The number of ether oxygens (including phenoxy) is 2. The van der Waals surface area contributed by atoms with Gasteiger partial charge in [0, 0.05) is 58.2 Å². The first kappa shape index (κ1) is 32.5. The zero-order valence-electron chi connectivity index (χ0n) is 26.0. The SMILES string of the molecule is CCCCN(CCCCN(C)C)C(=O)CN1C[C@H](c2ccc3c(c2)OCO3)[C@@H](C(=O)O)[C@@H]1CCN1C(=O)CCN(C)C1=O. The van der Waals surface area contributed by atoms with Crippen LogP contribution < -0.4 is 9.47 Å². The fraction of sp³-hybridized carbons (Fsp3) is 0.677. The number of imide groups is 1. The Morgan fingerprint density at radius 2 is 1.77 bits per heavy atom. The first-order valence-corrected chi connectivity index (χ1v) is 15.4. The number of amides is 4. The molecule has 4 amide bonds. The maximum absolute atomic E-state index is 13.8. The molecule has 12 nitrogen and oxygen atoms in total. The largest absolute Gasteiger partial charge is 0.481 e. The minimum atomic E-state index is -0.970. The lowest BCUT2D eigenvalue weighted by molar-refractivity contribution is -0.144. The van der Waals surface area contributed by atoms with Crippen molar-refractivity contribution < 1.29 is 33.8 Å². The lowest BCUT2D eigenvalue weighted by Gasteiger charge is -2.34. The Bertz CT molecular complexity index is 1160. The standard InChI is InChI=1S/C31H47N5O7/c1-5-6-14-34(15-8-7-13-32(2)3)28(38)20-35-19-23(22-9-10-25-26(18-22)43-21-42-25)29(30(39)40)24(35)11-17-36-27(37)12-16-33(4)31(36)41/h9-10,18,23-24,29H,5-8,11-17,19-21H2,1-4H3,(H,39,40)/t23-,24+,29-/m1/s1. The van der Waals surface area contributed by atoms with Crippen LogP contribution in [-0.4, -0.2) is 133 Å². The van der Waals surface area contributed by atoms with Crippen LogP contribution in [-0.2, 0) is 14.4 Å². The fourth-order valence-corrected chi connectivity index (χ4v) is 6.34. The molecular formula is C31H47N5O7. The van der Waals surface area contributed by atoms with E-state index in [4.69, 9.17) is 9.47 Å². The summed E-state index contributed by atoms with van der Waals surface area (Å²) in [6, 6.07) is 4.56. The summed E-state index contributed by atoms with van der Waals surface area (Å²) in [5.41, 5.74) is 0.799. The van der Waals surface area contributed by atoms with E-state index in [0.717, 1.165) is 37.8 Å². The molecule has 0 unspecified atom stereocenters. The van der Waals surface area contributed by atoms with Gasteiger partial charge in [-0.3, -0.25) is 24.2 Å². The summed E-state index contributed by atoms with van der Waals surface area (Å²) in [6.45, 7) is 5.37. The molecular weight excluding hydrogens is 554 g/mol. The van der Waals surface area contributed by atoms with Crippen LogP contribution in [0.25, 0.3) is 0 Å². The Labute approximate surface area is 254 Å². The molecule has 3 aliphatic heterocycles. The van der Waals surface area contributed by atoms with Crippen LogP contribution in [0.5, 0.6) is 11.5 Å². The predicted molar refractivity (Wildman–Crippen MR) is 160 cm³/mol. The van der Waals surface area contributed by atoms with E-state index in [1.807, 2.05) is 36.0 Å². The van der Waals surface area contributed by atoms with Crippen LogP contribution in [0.15, 0.2) is 18.2 Å². The number of benzene rings is 1. The zero-order valence-corrected chi connectivity index (χ0v) is 26.0. The highest BCUT2D eigenvalue weighted by Gasteiger charge is 2.48. The molecule has 0 aromatic heterocycles. The first-order valence-electron chi connectivity index (χ1n) is 15.4. The molecule has 3 aliphatic rings. The smallest absolute Gasteiger partial charge is 0.326 e. The number of hydrogen-bond donors (Lipinski definition) is 1. The van der Waals surface area contributed by atoms with Crippen molar-refractivity contribution in [3.63, 3.8) is 0 Å². The minimum absolute atomic E-state index is 0.0244. The summed E-state index contributed by atoms with van der Waals surface area (Å²) in [5.74, 6) is -1.32. The molecule has 43 heavy (non-hydrogen) atoms. The van der Waals surface area contributed by atoms with Gasteiger partial charge in [0.2, 0.25) is 18.6 Å². The third-order valence-corrected chi connectivity index (χ3v) is 8.78. The fourth-order valence-electron chi connectivity index (χ4n) is 6.34. The number of carboxylic acid groups (broad SMARTS) is 1. The number of carbonyl (C=O) groups excluding carboxylic acids is 3. The Morgan fingerprint density at radius 1 is 1.05 bits per heavy atom. The molecule has 1 N–H and O–H groups in total. The Kier molecular flexibility index (Phi) is 11.3. The number of nitrogens with zero attached hydrogens (tertiary/aromatic N) is 5. The van der Waals surface area contributed by atoms with Crippen molar-refractivity contribution in [1.29, 1.82) is 0 Å². The molecule has 2 fully saturated rings. The van der Waals surface area contributed by atoms with Gasteiger partial charge in [0.1, 0.15) is 0 Å². The second-order valence-corrected chi connectivity index (χ2v) is 12.1. The highest BCUT2D eigenvalue weighted by molar-refractivity contribution is 5.96. The summed E-state index contributed by atoms with van der Waals surface area (Å²) in [6.07, 6.45) is 4.22. The van der Waals surface area contributed by atoms with Gasteiger partial charge >= 0.3 is 12.0 Å². The van der Waals surface area contributed by atoms with Crippen molar-refractivity contribution in [2.45, 2.75) is 57.4 Å². The topological polar surface area (TPSA) is 123 Å². The molecule has 0 bridgehead atoms. The summed E-state index contributed by atoms with van der Waals surface area (Å²) < 4.78 is 11.0. The lowest BCUT2D eigenvalue weighted by atomic mass is 9.84. The van der Waals surface area contributed by atoms with Crippen molar-refractivity contribution in [2.75, 3.05) is 73.7 Å². The maximum atomic E-state index is 13.8. The average molecular weight is 602 g/mol. The van der Waals surface area contributed by atoms with Crippen LogP contribution in [0.1, 0.15) is 56.9 Å². The second-order valence-electron chi connectivity index (χ2n) is 12.1. The van der Waals surface area contributed by atoms with E-state index in [0.29, 0.717) is 37.7 Å².